The molecule has 0 unspecified atom stereocenters. The Labute approximate surface area is 157 Å². The lowest BCUT2D eigenvalue weighted by Crippen LogP contribution is -2.16. The van der Waals surface area contributed by atoms with Gasteiger partial charge in [0.2, 0.25) is 0 Å². The second-order valence-electron chi connectivity index (χ2n) is 6.32. The minimum atomic E-state index is -0.265. The van der Waals surface area contributed by atoms with E-state index in [-0.39, 0.29) is 5.91 Å². The average molecular weight is 360 g/mol. The van der Waals surface area contributed by atoms with Crippen LogP contribution in [0.15, 0.2) is 55.4 Å². The average Bonchev–Trinajstić information content (AvgIpc) is 3.16. The molecule has 4 rings (SSSR count). The maximum absolute atomic E-state index is 12.9. The molecule has 3 aromatic rings. The Morgan fingerprint density at radius 3 is 3.04 bits per heavy atom. The molecule has 0 saturated carbocycles. The van der Waals surface area contributed by atoms with Crippen molar-refractivity contribution in [1.29, 1.82) is 0 Å². The molecule has 1 N–H and O–H groups in total. The Hall–Kier alpha value is -3.41. The molecule has 3 heterocycles. The van der Waals surface area contributed by atoms with Gasteiger partial charge in [0.05, 0.1) is 12.2 Å². The van der Waals surface area contributed by atoms with Gasteiger partial charge in [-0.1, -0.05) is 24.8 Å². The van der Waals surface area contributed by atoms with Gasteiger partial charge in [-0.05, 0) is 42.7 Å². The Morgan fingerprint density at radius 2 is 2.15 bits per heavy atom. The number of benzene rings is 1. The SMILES string of the molecule is C=Cc1ccc2c(c1)C(=O)Nc1cccc(n1)-c1nccn1CCCCO2. The summed E-state index contributed by atoms with van der Waals surface area (Å²) >= 11 is 0. The summed E-state index contributed by atoms with van der Waals surface area (Å²) in [7, 11) is 0. The highest BCUT2D eigenvalue weighted by molar-refractivity contribution is 6.06. The van der Waals surface area contributed by atoms with Crippen molar-refractivity contribution >= 4 is 17.8 Å². The van der Waals surface area contributed by atoms with Gasteiger partial charge < -0.3 is 14.6 Å². The molecule has 1 amide bonds. The van der Waals surface area contributed by atoms with Gasteiger partial charge in [-0.15, -0.1) is 0 Å². The van der Waals surface area contributed by atoms with Crippen molar-refractivity contribution in [2.75, 3.05) is 11.9 Å². The molecular weight excluding hydrogens is 340 g/mol. The van der Waals surface area contributed by atoms with Crippen LogP contribution in [0.4, 0.5) is 5.82 Å². The Bertz CT molecular complexity index is 993. The molecule has 6 nitrogen and oxygen atoms in total. The molecule has 136 valence electrons. The van der Waals surface area contributed by atoms with Gasteiger partial charge in [0.1, 0.15) is 17.3 Å². The van der Waals surface area contributed by atoms with E-state index < -0.39 is 0 Å². The van der Waals surface area contributed by atoms with E-state index in [4.69, 9.17) is 4.74 Å². The van der Waals surface area contributed by atoms with E-state index in [0.29, 0.717) is 23.7 Å². The van der Waals surface area contributed by atoms with Crippen molar-refractivity contribution in [1.82, 2.24) is 14.5 Å². The fourth-order valence-corrected chi connectivity index (χ4v) is 3.08. The minimum absolute atomic E-state index is 0.265. The van der Waals surface area contributed by atoms with Crippen LogP contribution in [0.3, 0.4) is 0 Å². The normalized spacial score (nSPS) is 14.1. The quantitative estimate of drug-likeness (QED) is 0.712. The van der Waals surface area contributed by atoms with Gasteiger partial charge in [0, 0.05) is 18.9 Å². The zero-order valence-corrected chi connectivity index (χ0v) is 14.9. The van der Waals surface area contributed by atoms with Crippen LogP contribution in [0, 0.1) is 0 Å². The van der Waals surface area contributed by atoms with Crippen molar-refractivity contribution in [3.8, 4) is 17.3 Å². The molecule has 1 aromatic carbocycles. The number of hydrogen-bond donors (Lipinski definition) is 1. The molecule has 0 aliphatic carbocycles. The van der Waals surface area contributed by atoms with Gasteiger partial charge in [-0.25, -0.2) is 9.97 Å². The first-order chi connectivity index (χ1) is 13.2. The molecule has 2 aromatic heterocycles. The molecule has 0 spiro atoms. The van der Waals surface area contributed by atoms with Gasteiger partial charge in [0.25, 0.3) is 5.91 Å². The third kappa shape index (κ3) is 3.60. The summed E-state index contributed by atoms with van der Waals surface area (Å²) in [4.78, 5) is 21.8. The number of carbonyl (C=O) groups excluding carboxylic acids is 1. The molecule has 0 atom stereocenters. The highest BCUT2D eigenvalue weighted by Gasteiger charge is 2.16. The predicted molar refractivity (Wildman–Crippen MR) is 105 cm³/mol. The third-order valence-corrected chi connectivity index (χ3v) is 4.47. The van der Waals surface area contributed by atoms with Crippen LogP contribution in [0.5, 0.6) is 5.75 Å². The smallest absolute Gasteiger partial charge is 0.260 e. The van der Waals surface area contributed by atoms with Crippen LogP contribution in [-0.2, 0) is 6.54 Å². The van der Waals surface area contributed by atoms with E-state index >= 15 is 0 Å². The highest BCUT2D eigenvalue weighted by atomic mass is 16.5. The second-order valence-corrected chi connectivity index (χ2v) is 6.32. The minimum Gasteiger partial charge on any atom is -0.493 e. The Kier molecular flexibility index (Phi) is 4.70. The van der Waals surface area contributed by atoms with Gasteiger partial charge in [-0.2, -0.15) is 0 Å². The Balaban J connectivity index is 1.75. The van der Waals surface area contributed by atoms with Crippen LogP contribution < -0.4 is 10.1 Å². The summed E-state index contributed by atoms with van der Waals surface area (Å²) in [5.41, 5.74) is 2.06. The summed E-state index contributed by atoms with van der Waals surface area (Å²) in [6.45, 7) is 5.15. The number of ether oxygens (including phenoxy) is 1. The molecule has 1 aliphatic heterocycles. The number of amides is 1. The largest absolute Gasteiger partial charge is 0.493 e. The van der Waals surface area contributed by atoms with Crippen molar-refractivity contribution in [2.24, 2.45) is 0 Å². The van der Waals surface area contributed by atoms with E-state index in [1.54, 1.807) is 24.4 Å². The lowest BCUT2D eigenvalue weighted by atomic mass is 10.1. The van der Waals surface area contributed by atoms with Crippen molar-refractivity contribution in [3.05, 3.63) is 66.5 Å². The highest BCUT2D eigenvalue weighted by Crippen LogP contribution is 2.24. The number of pyridine rings is 1. The summed E-state index contributed by atoms with van der Waals surface area (Å²) in [5, 5.41) is 2.86. The van der Waals surface area contributed by atoms with Crippen LogP contribution in [0.2, 0.25) is 0 Å². The number of carbonyl (C=O) groups is 1. The van der Waals surface area contributed by atoms with Crippen molar-refractivity contribution < 1.29 is 9.53 Å². The number of rotatable bonds is 1. The first-order valence-electron chi connectivity index (χ1n) is 8.94. The molecule has 2 bridgehead atoms. The van der Waals surface area contributed by atoms with E-state index in [2.05, 4.69) is 26.4 Å². The van der Waals surface area contributed by atoms with Crippen LogP contribution in [0.25, 0.3) is 17.6 Å². The number of nitrogens with one attached hydrogen (secondary N) is 1. The number of aromatic nitrogens is 3. The maximum Gasteiger partial charge on any atom is 0.260 e. The summed E-state index contributed by atoms with van der Waals surface area (Å²) < 4.78 is 7.96. The van der Waals surface area contributed by atoms with E-state index in [1.165, 1.54) is 0 Å². The number of nitrogens with zero attached hydrogens (tertiary/aromatic N) is 3. The molecule has 6 heteroatoms. The molecule has 0 radical (unpaired) electrons. The summed E-state index contributed by atoms with van der Waals surface area (Å²) in [5.74, 6) is 1.56. The van der Waals surface area contributed by atoms with Crippen LogP contribution >= 0.6 is 0 Å². The van der Waals surface area contributed by atoms with Gasteiger partial charge in [-0.3, -0.25) is 4.79 Å². The zero-order chi connectivity index (χ0) is 18.6. The number of fused-ring (bicyclic) bond motifs is 5. The standard InChI is InChI=1S/C21H20N4O2/c1-2-15-8-9-18-16(14-15)21(26)24-19-7-5-6-17(23-19)20-22-10-12-25(20)11-3-4-13-27-18/h2,5-10,12,14H,1,3-4,11,13H2,(H,23,24,26). The third-order valence-electron chi connectivity index (χ3n) is 4.47. The topological polar surface area (TPSA) is 69.0 Å². The van der Waals surface area contributed by atoms with Gasteiger partial charge in [0.15, 0.2) is 5.82 Å². The number of aryl methyl sites for hydroxylation is 1. The van der Waals surface area contributed by atoms with Crippen molar-refractivity contribution in [2.45, 2.75) is 19.4 Å². The molecule has 1 aliphatic rings. The zero-order valence-electron chi connectivity index (χ0n) is 14.9. The number of hydrogen-bond acceptors (Lipinski definition) is 4. The summed E-state index contributed by atoms with van der Waals surface area (Å²) in [6, 6.07) is 11.0. The predicted octanol–water partition coefficient (Wildman–Crippen LogP) is 4.01. The summed E-state index contributed by atoms with van der Waals surface area (Å²) in [6.07, 6.45) is 7.23. The molecule has 0 fully saturated rings. The van der Waals surface area contributed by atoms with Crippen molar-refractivity contribution in [3.63, 3.8) is 0 Å². The number of imidazole rings is 1. The lowest BCUT2D eigenvalue weighted by molar-refractivity contribution is 0.102. The monoisotopic (exact) mass is 360 g/mol. The van der Waals surface area contributed by atoms with Crippen LogP contribution in [0.1, 0.15) is 28.8 Å². The Morgan fingerprint density at radius 1 is 1.22 bits per heavy atom. The van der Waals surface area contributed by atoms with Crippen LogP contribution in [-0.4, -0.2) is 27.0 Å². The lowest BCUT2D eigenvalue weighted by Gasteiger charge is -2.14. The van der Waals surface area contributed by atoms with Gasteiger partial charge >= 0.3 is 0 Å². The molecular formula is C21H20N4O2. The second kappa shape index (κ2) is 7.45. The molecule has 0 saturated heterocycles. The number of anilines is 1. The fraction of sp³-hybridized carbons (Fsp3) is 0.190. The van der Waals surface area contributed by atoms with E-state index in [9.17, 15) is 4.79 Å². The van der Waals surface area contributed by atoms with E-state index in [1.807, 2.05) is 30.5 Å². The fourth-order valence-electron chi connectivity index (χ4n) is 3.08. The maximum atomic E-state index is 12.9. The first kappa shape index (κ1) is 17.0. The van der Waals surface area contributed by atoms with E-state index in [0.717, 1.165) is 36.5 Å². The molecule has 27 heavy (non-hydrogen) atoms. The first-order valence-corrected chi connectivity index (χ1v) is 8.94.